The molecule has 2 aromatic rings. The van der Waals surface area contributed by atoms with Gasteiger partial charge in [0.05, 0.1) is 10.6 Å². The lowest BCUT2D eigenvalue weighted by molar-refractivity contribution is 0.0937. The molecule has 1 amide bonds. The second-order valence-electron chi connectivity index (χ2n) is 6.79. The third kappa shape index (κ3) is 3.90. The number of amides is 1. The molecule has 1 aliphatic rings. The molecule has 0 aliphatic heterocycles. The maximum Gasteiger partial charge on any atom is 0.264 e. The van der Waals surface area contributed by atoms with Crippen molar-refractivity contribution in [2.24, 2.45) is 0 Å². The first kappa shape index (κ1) is 18.5. The summed E-state index contributed by atoms with van der Waals surface area (Å²) in [5.41, 5.74) is 2.01. The molecule has 5 nitrogen and oxygen atoms in total. The smallest absolute Gasteiger partial charge is 0.264 e. The average Bonchev–Trinajstić information content (AvgIpc) is 3.15. The molecule has 1 N–H and O–H groups in total. The van der Waals surface area contributed by atoms with Crippen LogP contribution in [-0.4, -0.2) is 27.4 Å². The van der Waals surface area contributed by atoms with Gasteiger partial charge in [-0.25, -0.2) is 8.42 Å². The number of nitrogens with zero attached hydrogens (tertiary/aromatic N) is 1. The molecule has 1 aliphatic carbocycles. The molecule has 138 valence electrons. The van der Waals surface area contributed by atoms with Gasteiger partial charge in [-0.2, -0.15) is 0 Å². The minimum absolute atomic E-state index is 0.111. The van der Waals surface area contributed by atoms with E-state index in [1.807, 2.05) is 19.1 Å². The Labute approximate surface area is 155 Å². The van der Waals surface area contributed by atoms with Crippen molar-refractivity contribution in [2.75, 3.05) is 11.4 Å². The van der Waals surface area contributed by atoms with Gasteiger partial charge in [0, 0.05) is 18.7 Å². The van der Waals surface area contributed by atoms with E-state index in [2.05, 4.69) is 5.32 Å². The molecule has 3 rings (SSSR count). The fourth-order valence-corrected chi connectivity index (χ4v) is 4.43. The number of hydrogen-bond acceptors (Lipinski definition) is 3. The summed E-state index contributed by atoms with van der Waals surface area (Å²) in [6.45, 7) is 1.95. The SMILES string of the molecule is Cc1ccc(N(C)S(=O)(=O)c2cccc(C(=O)NC3CCCC3)c2)cc1. The average molecular weight is 372 g/mol. The largest absolute Gasteiger partial charge is 0.349 e. The van der Waals surface area contributed by atoms with Gasteiger partial charge < -0.3 is 5.32 Å². The Kier molecular flexibility index (Phi) is 5.32. The molecule has 0 bridgehead atoms. The zero-order valence-electron chi connectivity index (χ0n) is 15.1. The number of sulfonamides is 1. The molecule has 0 radical (unpaired) electrons. The molecule has 2 aromatic carbocycles. The molecule has 1 fully saturated rings. The summed E-state index contributed by atoms with van der Waals surface area (Å²) in [7, 11) is -2.22. The van der Waals surface area contributed by atoms with Crippen molar-refractivity contribution in [3.05, 3.63) is 59.7 Å². The van der Waals surface area contributed by atoms with Crippen LogP contribution in [-0.2, 0) is 10.0 Å². The Morgan fingerprint density at radius 3 is 2.38 bits per heavy atom. The molecule has 0 saturated heterocycles. The zero-order chi connectivity index (χ0) is 18.7. The molecule has 0 aromatic heterocycles. The zero-order valence-corrected chi connectivity index (χ0v) is 15.9. The van der Waals surface area contributed by atoms with Gasteiger partial charge in [-0.15, -0.1) is 0 Å². The predicted molar refractivity (Wildman–Crippen MR) is 103 cm³/mol. The van der Waals surface area contributed by atoms with E-state index in [4.69, 9.17) is 0 Å². The maximum atomic E-state index is 12.9. The summed E-state index contributed by atoms with van der Waals surface area (Å²) in [4.78, 5) is 12.5. The summed E-state index contributed by atoms with van der Waals surface area (Å²) in [5, 5.41) is 2.99. The molecule has 0 atom stereocenters. The number of carbonyl (C=O) groups excluding carboxylic acids is 1. The van der Waals surface area contributed by atoms with Gasteiger partial charge in [-0.1, -0.05) is 36.6 Å². The molecule has 0 spiro atoms. The van der Waals surface area contributed by atoms with Crippen LogP contribution >= 0.6 is 0 Å². The Balaban J connectivity index is 1.83. The molecular weight excluding hydrogens is 348 g/mol. The van der Waals surface area contributed by atoms with Crippen molar-refractivity contribution in [1.29, 1.82) is 0 Å². The molecule has 6 heteroatoms. The second-order valence-corrected chi connectivity index (χ2v) is 8.76. The van der Waals surface area contributed by atoms with Crippen molar-refractivity contribution >= 4 is 21.6 Å². The van der Waals surface area contributed by atoms with Gasteiger partial charge in [0.1, 0.15) is 0 Å². The monoisotopic (exact) mass is 372 g/mol. The van der Waals surface area contributed by atoms with Crippen molar-refractivity contribution < 1.29 is 13.2 Å². The second kappa shape index (κ2) is 7.50. The maximum absolute atomic E-state index is 12.9. The van der Waals surface area contributed by atoms with Crippen LogP contribution in [0.5, 0.6) is 0 Å². The summed E-state index contributed by atoms with van der Waals surface area (Å²) in [6.07, 6.45) is 4.22. The van der Waals surface area contributed by atoms with Crippen molar-refractivity contribution in [1.82, 2.24) is 5.32 Å². The van der Waals surface area contributed by atoms with Crippen molar-refractivity contribution in [2.45, 2.75) is 43.5 Å². The van der Waals surface area contributed by atoms with E-state index in [-0.39, 0.29) is 16.8 Å². The number of anilines is 1. The van der Waals surface area contributed by atoms with E-state index in [9.17, 15) is 13.2 Å². The number of aryl methyl sites for hydroxylation is 1. The number of hydrogen-bond donors (Lipinski definition) is 1. The lowest BCUT2D eigenvalue weighted by Crippen LogP contribution is -2.33. The number of benzene rings is 2. The minimum atomic E-state index is -3.73. The Hall–Kier alpha value is -2.34. The van der Waals surface area contributed by atoms with Gasteiger partial charge in [0.2, 0.25) is 0 Å². The van der Waals surface area contributed by atoms with Crippen LogP contribution in [0.1, 0.15) is 41.6 Å². The first-order chi connectivity index (χ1) is 12.4. The molecule has 0 unspecified atom stereocenters. The van der Waals surface area contributed by atoms with Gasteiger partial charge in [-0.05, 0) is 50.1 Å². The van der Waals surface area contributed by atoms with Crippen LogP contribution in [0.3, 0.4) is 0 Å². The highest BCUT2D eigenvalue weighted by Crippen LogP contribution is 2.23. The van der Waals surface area contributed by atoms with Crippen LogP contribution < -0.4 is 9.62 Å². The lowest BCUT2D eigenvalue weighted by Gasteiger charge is -2.20. The highest BCUT2D eigenvalue weighted by Gasteiger charge is 2.23. The van der Waals surface area contributed by atoms with Crippen LogP contribution in [0.2, 0.25) is 0 Å². The van der Waals surface area contributed by atoms with Crippen LogP contribution in [0, 0.1) is 6.92 Å². The number of rotatable bonds is 5. The van der Waals surface area contributed by atoms with Crippen LogP contribution in [0.25, 0.3) is 0 Å². The number of nitrogens with one attached hydrogen (secondary N) is 1. The van der Waals surface area contributed by atoms with Gasteiger partial charge in [0.15, 0.2) is 0 Å². The summed E-state index contributed by atoms with van der Waals surface area (Å²) >= 11 is 0. The van der Waals surface area contributed by atoms with Crippen molar-refractivity contribution in [3.63, 3.8) is 0 Å². The standard InChI is InChI=1S/C20H24N2O3S/c1-15-10-12-18(13-11-15)22(2)26(24,25)19-9-5-6-16(14-19)20(23)21-17-7-3-4-8-17/h5-6,9-14,17H,3-4,7-8H2,1-2H3,(H,21,23). The molecule has 1 saturated carbocycles. The highest BCUT2D eigenvalue weighted by atomic mass is 32.2. The molecule has 26 heavy (non-hydrogen) atoms. The fourth-order valence-electron chi connectivity index (χ4n) is 3.19. The topological polar surface area (TPSA) is 66.5 Å². The Bertz CT molecular complexity index is 886. The highest BCUT2D eigenvalue weighted by molar-refractivity contribution is 7.92. The minimum Gasteiger partial charge on any atom is -0.349 e. The van der Waals surface area contributed by atoms with Crippen molar-refractivity contribution in [3.8, 4) is 0 Å². The predicted octanol–water partition coefficient (Wildman–Crippen LogP) is 3.49. The summed E-state index contributed by atoms with van der Waals surface area (Å²) < 4.78 is 27.1. The molecular formula is C20H24N2O3S. The Morgan fingerprint density at radius 1 is 1.08 bits per heavy atom. The third-order valence-corrected chi connectivity index (χ3v) is 6.62. The first-order valence-corrected chi connectivity index (χ1v) is 10.3. The van der Waals surface area contributed by atoms with Gasteiger partial charge >= 0.3 is 0 Å². The third-order valence-electron chi connectivity index (χ3n) is 4.84. The summed E-state index contributed by atoms with van der Waals surface area (Å²) in [6, 6.07) is 13.7. The van der Waals surface area contributed by atoms with E-state index in [0.29, 0.717) is 11.3 Å². The van der Waals surface area contributed by atoms with E-state index >= 15 is 0 Å². The van der Waals surface area contributed by atoms with E-state index < -0.39 is 10.0 Å². The van der Waals surface area contributed by atoms with E-state index in [1.54, 1.807) is 24.3 Å². The lowest BCUT2D eigenvalue weighted by atomic mass is 10.2. The Morgan fingerprint density at radius 2 is 1.73 bits per heavy atom. The molecule has 0 heterocycles. The van der Waals surface area contributed by atoms with E-state index in [0.717, 1.165) is 31.2 Å². The first-order valence-electron chi connectivity index (χ1n) is 8.84. The number of carbonyl (C=O) groups is 1. The normalized spacial score (nSPS) is 15.0. The van der Waals surface area contributed by atoms with E-state index in [1.165, 1.54) is 23.5 Å². The van der Waals surface area contributed by atoms with Gasteiger partial charge in [-0.3, -0.25) is 9.10 Å². The quantitative estimate of drug-likeness (QED) is 0.874. The van der Waals surface area contributed by atoms with Gasteiger partial charge in [0.25, 0.3) is 15.9 Å². The fraction of sp³-hybridized carbons (Fsp3) is 0.350. The summed E-state index contributed by atoms with van der Waals surface area (Å²) in [5.74, 6) is -0.216. The van der Waals surface area contributed by atoms with Crippen LogP contribution in [0.15, 0.2) is 53.4 Å². The van der Waals surface area contributed by atoms with Crippen LogP contribution in [0.4, 0.5) is 5.69 Å².